The minimum atomic E-state index is -4.71. The van der Waals surface area contributed by atoms with Gasteiger partial charge in [-0.1, -0.05) is 0 Å². The summed E-state index contributed by atoms with van der Waals surface area (Å²) in [5.74, 6) is -0.164. The molecule has 26 heavy (non-hydrogen) atoms. The number of imide groups is 1. The first-order chi connectivity index (χ1) is 12.1. The topological polar surface area (TPSA) is 106 Å². The summed E-state index contributed by atoms with van der Waals surface area (Å²) >= 11 is 0. The zero-order chi connectivity index (χ0) is 19.5. The molecule has 11 heteroatoms. The van der Waals surface area contributed by atoms with Crippen molar-refractivity contribution in [3.63, 3.8) is 0 Å². The Balaban J connectivity index is 1.99. The van der Waals surface area contributed by atoms with Gasteiger partial charge in [-0.05, 0) is 32.6 Å². The third-order valence-electron chi connectivity index (χ3n) is 4.81. The van der Waals surface area contributed by atoms with E-state index >= 15 is 0 Å². The van der Waals surface area contributed by atoms with Crippen molar-refractivity contribution in [2.75, 3.05) is 26.2 Å². The van der Waals surface area contributed by atoms with E-state index in [2.05, 4.69) is 20.9 Å². The highest BCUT2D eigenvalue weighted by molar-refractivity contribution is 6.07. The van der Waals surface area contributed by atoms with Gasteiger partial charge in [0.25, 0.3) is 5.91 Å². The molecule has 148 valence electrons. The normalized spacial score (nSPS) is 26.5. The summed E-state index contributed by atoms with van der Waals surface area (Å²) in [5.41, 5.74) is -0.981. The number of urea groups is 1. The van der Waals surface area contributed by atoms with Crippen LogP contribution in [0.4, 0.5) is 18.0 Å². The molecule has 0 saturated carbocycles. The SMILES string of the molecule is CCNC(=NCC(O)C(F)(F)F)N1CCC(C2(C)NC(=O)NC2=O)CC1. The van der Waals surface area contributed by atoms with Crippen molar-refractivity contribution in [2.24, 2.45) is 10.9 Å². The number of carbonyl (C=O) groups excluding carboxylic acids is 2. The molecular weight excluding hydrogens is 355 g/mol. The van der Waals surface area contributed by atoms with E-state index in [1.54, 1.807) is 18.7 Å². The number of likely N-dealkylation sites (tertiary alicyclic amines) is 1. The first kappa shape index (κ1) is 20.3. The van der Waals surface area contributed by atoms with Crippen LogP contribution in [0.2, 0.25) is 0 Å². The predicted molar refractivity (Wildman–Crippen MR) is 87.4 cm³/mol. The molecule has 2 aliphatic heterocycles. The van der Waals surface area contributed by atoms with Crippen LogP contribution in [0.25, 0.3) is 0 Å². The lowest BCUT2D eigenvalue weighted by molar-refractivity contribution is -0.199. The summed E-state index contributed by atoms with van der Waals surface area (Å²) in [6, 6.07) is -0.518. The van der Waals surface area contributed by atoms with Gasteiger partial charge in [-0.15, -0.1) is 0 Å². The van der Waals surface area contributed by atoms with Gasteiger partial charge in [0.1, 0.15) is 5.54 Å². The van der Waals surface area contributed by atoms with Crippen molar-refractivity contribution in [1.29, 1.82) is 0 Å². The number of carbonyl (C=O) groups is 2. The molecule has 2 saturated heterocycles. The number of amides is 3. The van der Waals surface area contributed by atoms with E-state index in [1.165, 1.54) is 0 Å². The molecule has 8 nitrogen and oxygen atoms in total. The van der Waals surface area contributed by atoms with Crippen LogP contribution in [0.1, 0.15) is 26.7 Å². The molecule has 0 aromatic rings. The van der Waals surface area contributed by atoms with E-state index in [4.69, 9.17) is 5.11 Å². The van der Waals surface area contributed by atoms with E-state index in [9.17, 15) is 22.8 Å². The van der Waals surface area contributed by atoms with E-state index in [0.717, 1.165) is 0 Å². The number of piperidine rings is 1. The number of hydrogen-bond donors (Lipinski definition) is 4. The average Bonchev–Trinajstić information content (AvgIpc) is 2.83. The zero-order valence-corrected chi connectivity index (χ0v) is 14.7. The minimum absolute atomic E-state index is 0.0890. The Bertz CT molecular complexity index is 575. The van der Waals surface area contributed by atoms with Gasteiger partial charge >= 0.3 is 12.2 Å². The molecule has 0 radical (unpaired) electrons. The second-order valence-corrected chi connectivity index (χ2v) is 6.62. The van der Waals surface area contributed by atoms with E-state index in [1.807, 2.05) is 0 Å². The third-order valence-corrected chi connectivity index (χ3v) is 4.81. The number of guanidine groups is 1. The quantitative estimate of drug-likeness (QED) is 0.317. The summed E-state index contributed by atoms with van der Waals surface area (Å²) in [4.78, 5) is 29.1. The van der Waals surface area contributed by atoms with Gasteiger partial charge in [0.05, 0.1) is 6.54 Å². The Kier molecular flexibility index (Phi) is 5.99. The van der Waals surface area contributed by atoms with Gasteiger partial charge in [0.2, 0.25) is 0 Å². The Hall–Kier alpha value is -2.04. The maximum Gasteiger partial charge on any atom is 0.416 e. The maximum atomic E-state index is 12.4. The lowest BCUT2D eigenvalue weighted by Crippen LogP contribution is -2.55. The highest BCUT2D eigenvalue weighted by atomic mass is 19.4. The lowest BCUT2D eigenvalue weighted by Gasteiger charge is -2.39. The van der Waals surface area contributed by atoms with Gasteiger partial charge in [-0.2, -0.15) is 13.2 Å². The molecule has 2 aliphatic rings. The van der Waals surface area contributed by atoms with Gasteiger partial charge in [0, 0.05) is 19.6 Å². The number of nitrogens with one attached hydrogen (secondary N) is 3. The monoisotopic (exact) mass is 379 g/mol. The number of alkyl halides is 3. The van der Waals surface area contributed by atoms with Crippen molar-refractivity contribution >= 4 is 17.9 Å². The van der Waals surface area contributed by atoms with Crippen molar-refractivity contribution in [2.45, 2.75) is 44.5 Å². The predicted octanol–water partition coefficient (Wildman–Crippen LogP) is 0.185. The molecule has 0 bridgehead atoms. The summed E-state index contributed by atoms with van der Waals surface area (Å²) < 4.78 is 37.3. The average molecular weight is 379 g/mol. The molecule has 0 aromatic heterocycles. The fourth-order valence-electron chi connectivity index (χ4n) is 3.22. The summed E-state index contributed by atoms with van der Waals surface area (Å²) in [5, 5.41) is 16.9. The zero-order valence-electron chi connectivity index (χ0n) is 14.7. The van der Waals surface area contributed by atoms with Gasteiger partial charge < -0.3 is 20.6 Å². The van der Waals surface area contributed by atoms with E-state index < -0.39 is 30.4 Å². The van der Waals surface area contributed by atoms with Crippen molar-refractivity contribution in [1.82, 2.24) is 20.9 Å². The Labute approximate surface area is 149 Å². The molecule has 2 unspecified atom stereocenters. The number of aliphatic hydroxyl groups excluding tert-OH is 1. The molecule has 2 heterocycles. The molecule has 2 rings (SSSR count). The van der Waals surface area contributed by atoms with Crippen LogP contribution in [0.5, 0.6) is 0 Å². The van der Waals surface area contributed by atoms with Crippen LogP contribution in [0.3, 0.4) is 0 Å². The highest BCUT2D eigenvalue weighted by Gasteiger charge is 2.48. The van der Waals surface area contributed by atoms with Crippen LogP contribution in [-0.2, 0) is 4.79 Å². The van der Waals surface area contributed by atoms with E-state index in [-0.39, 0.29) is 11.8 Å². The molecule has 3 amide bonds. The van der Waals surface area contributed by atoms with Gasteiger partial charge in [0.15, 0.2) is 12.1 Å². The van der Waals surface area contributed by atoms with Crippen LogP contribution < -0.4 is 16.0 Å². The molecule has 0 aliphatic carbocycles. The first-order valence-electron chi connectivity index (χ1n) is 8.49. The van der Waals surface area contributed by atoms with Crippen molar-refractivity contribution in [3.8, 4) is 0 Å². The number of aliphatic hydroxyl groups is 1. The standard InChI is InChI=1S/C15H24F3N5O3/c1-3-19-12(20-8-10(24)15(16,17)18)23-6-4-9(5-7-23)14(2)11(25)21-13(26)22-14/h9-10,24H,3-8H2,1-2H3,(H,19,20)(H2,21,22,25,26). The molecule has 0 aromatic carbocycles. The number of nitrogens with zero attached hydrogens (tertiary/aromatic N) is 2. The minimum Gasteiger partial charge on any atom is -0.382 e. The Morgan fingerprint density at radius 3 is 2.50 bits per heavy atom. The summed E-state index contributed by atoms with van der Waals surface area (Å²) in [6.45, 7) is 4.10. The molecule has 2 fully saturated rings. The molecule has 2 atom stereocenters. The van der Waals surface area contributed by atoms with Gasteiger partial charge in [-0.25, -0.2) is 4.79 Å². The van der Waals surface area contributed by atoms with Crippen LogP contribution in [-0.4, -0.2) is 71.9 Å². The molecular formula is C15H24F3N5O3. The number of rotatable bonds is 4. The number of aliphatic imine (C=N–C) groups is 1. The highest BCUT2D eigenvalue weighted by Crippen LogP contribution is 2.30. The van der Waals surface area contributed by atoms with Crippen molar-refractivity contribution < 1.29 is 27.9 Å². The largest absolute Gasteiger partial charge is 0.416 e. The Morgan fingerprint density at radius 2 is 2.04 bits per heavy atom. The van der Waals surface area contributed by atoms with E-state index in [0.29, 0.717) is 38.4 Å². The molecule has 4 N–H and O–H groups in total. The van der Waals surface area contributed by atoms with Crippen LogP contribution >= 0.6 is 0 Å². The first-order valence-corrected chi connectivity index (χ1v) is 8.49. The lowest BCUT2D eigenvalue weighted by atomic mass is 9.79. The fourth-order valence-corrected chi connectivity index (χ4v) is 3.22. The second kappa shape index (κ2) is 7.68. The summed E-state index contributed by atoms with van der Waals surface area (Å²) in [7, 11) is 0. The Morgan fingerprint density at radius 1 is 1.42 bits per heavy atom. The number of hydrogen-bond acceptors (Lipinski definition) is 4. The third kappa shape index (κ3) is 4.37. The maximum absolute atomic E-state index is 12.4. The second-order valence-electron chi connectivity index (χ2n) is 6.62. The van der Waals surface area contributed by atoms with Crippen LogP contribution in [0.15, 0.2) is 4.99 Å². The summed E-state index contributed by atoms with van der Waals surface area (Å²) in [6.07, 6.45) is -6.09. The van der Waals surface area contributed by atoms with Gasteiger partial charge in [-0.3, -0.25) is 15.1 Å². The fraction of sp³-hybridized carbons (Fsp3) is 0.800. The van der Waals surface area contributed by atoms with Crippen molar-refractivity contribution in [3.05, 3.63) is 0 Å². The number of halogens is 3. The molecule has 0 spiro atoms. The smallest absolute Gasteiger partial charge is 0.382 e. The van der Waals surface area contributed by atoms with Crippen LogP contribution in [0, 0.1) is 5.92 Å².